The summed E-state index contributed by atoms with van der Waals surface area (Å²) in [6.07, 6.45) is 1.74. The molecule has 2 radical (unpaired) electrons. The molecule has 3 heteroatoms. The van der Waals surface area contributed by atoms with Crippen molar-refractivity contribution in [3.8, 4) is 5.88 Å². The number of hydrogen-bond donors (Lipinski definition) is 0. The lowest BCUT2D eigenvalue weighted by Gasteiger charge is -2.06. The minimum Gasteiger partial charge on any atom is -0.473 e. The molecule has 0 atom stereocenters. The van der Waals surface area contributed by atoms with Crippen LogP contribution in [0, 0.1) is 6.92 Å². The summed E-state index contributed by atoms with van der Waals surface area (Å²) < 4.78 is 5.56. The molecule has 16 heavy (non-hydrogen) atoms. The zero-order valence-electron chi connectivity index (χ0n) is 9.18. The molecular weight excluding hydrogens is 197 g/mol. The predicted molar refractivity (Wildman–Crippen MR) is 65.1 cm³/mol. The predicted octanol–water partition coefficient (Wildman–Crippen LogP) is 1.76. The van der Waals surface area contributed by atoms with Gasteiger partial charge >= 0.3 is 0 Å². The summed E-state index contributed by atoms with van der Waals surface area (Å²) in [6, 6.07) is 11.5. The number of aromatic nitrogens is 1. The highest BCUT2D eigenvalue weighted by atomic mass is 16.5. The van der Waals surface area contributed by atoms with Gasteiger partial charge in [-0.25, -0.2) is 4.98 Å². The summed E-state index contributed by atoms with van der Waals surface area (Å²) in [4.78, 5) is 4.13. The van der Waals surface area contributed by atoms with E-state index in [9.17, 15) is 0 Å². The number of aryl methyl sites for hydroxylation is 1. The number of ether oxygens (including phenoxy) is 1. The second-order valence-electron chi connectivity index (χ2n) is 3.70. The van der Waals surface area contributed by atoms with Crippen LogP contribution in [0.1, 0.15) is 11.1 Å². The van der Waals surface area contributed by atoms with E-state index in [1.807, 2.05) is 43.3 Å². The third-order valence-electron chi connectivity index (χ3n) is 2.26. The highest BCUT2D eigenvalue weighted by Gasteiger charge is 1.97. The van der Waals surface area contributed by atoms with E-state index in [2.05, 4.69) is 4.98 Å². The van der Waals surface area contributed by atoms with Crippen LogP contribution in [-0.2, 0) is 6.61 Å². The molecule has 0 fully saturated rings. The van der Waals surface area contributed by atoms with Crippen molar-refractivity contribution in [2.24, 2.45) is 0 Å². The molecule has 78 valence electrons. The summed E-state index contributed by atoms with van der Waals surface area (Å²) in [6.45, 7) is 2.52. The van der Waals surface area contributed by atoms with Gasteiger partial charge < -0.3 is 4.74 Å². The molecule has 0 aliphatic rings. The summed E-state index contributed by atoms with van der Waals surface area (Å²) >= 11 is 0. The maximum absolute atomic E-state index is 5.60. The first kappa shape index (κ1) is 10.7. The molecule has 0 aliphatic heterocycles. The number of hydrogen-bond acceptors (Lipinski definition) is 2. The number of rotatable bonds is 3. The molecule has 1 aromatic heterocycles. The van der Waals surface area contributed by atoms with Gasteiger partial charge in [0, 0.05) is 12.3 Å². The third-order valence-corrected chi connectivity index (χ3v) is 2.26. The highest BCUT2D eigenvalue weighted by molar-refractivity contribution is 6.32. The number of benzene rings is 1. The molecule has 0 saturated heterocycles. The van der Waals surface area contributed by atoms with Crippen LogP contribution in [0.5, 0.6) is 5.88 Å². The molecule has 1 heterocycles. The Labute approximate surface area is 96.7 Å². The summed E-state index contributed by atoms with van der Waals surface area (Å²) in [5.74, 6) is 0.650. The molecule has 0 spiro atoms. The molecule has 0 N–H and O–H groups in total. The van der Waals surface area contributed by atoms with E-state index in [1.165, 1.54) is 0 Å². The molecule has 2 nitrogen and oxygen atoms in total. The van der Waals surface area contributed by atoms with Gasteiger partial charge in [0.05, 0.1) is 0 Å². The topological polar surface area (TPSA) is 22.1 Å². The maximum Gasteiger partial charge on any atom is 0.213 e. The van der Waals surface area contributed by atoms with Crippen molar-refractivity contribution in [1.82, 2.24) is 4.98 Å². The zero-order valence-corrected chi connectivity index (χ0v) is 9.18. The van der Waals surface area contributed by atoms with E-state index >= 15 is 0 Å². The van der Waals surface area contributed by atoms with Crippen molar-refractivity contribution in [2.45, 2.75) is 13.5 Å². The minimum atomic E-state index is 0.511. The maximum atomic E-state index is 5.60. The summed E-state index contributed by atoms with van der Waals surface area (Å²) in [5, 5.41) is 0. The van der Waals surface area contributed by atoms with Crippen LogP contribution in [0.3, 0.4) is 0 Å². The SMILES string of the molecule is [B]c1ccc(COc2cc(C)ccn2)cc1. The number of nitrogens with zero attached hydrogens (tertiary/aromatic N) is 1. The molecule has 2 rings (SSSR count). The lowest BCUT2D eigenvalue weighted by molar-refractivity contribution is 0.293. The van der Waals surface area contributed by atoms with E-state index in [0.717, 1.165) is 16.6 Å². The van der Waals surface area contributed by atoms with Gasteiger partial charge in [-0.1, -0.05) is 29.7 Å². The van der Waals surface area contributed by atoms with Crippen LogP contribution in [0.15, 0.2) is 42.6 Å². The van der Waals surface area contributed by atoms with Crippen LogP contribution in [0.25, 0.3) is 0 Å². The van der Waals surface area contributed by atoms with Crippen molar-refractivity contribution in [3.63, 3.8) is 0 Å². The minimum absolute atomic E-state index is 0.511. The smallest absolute Gasteiger partial charge is 0.213 e. The first-order chi connectivity index (χ1) is 7.74. The van der Waals surface area contributed by atoms with Crippen molar-refractivity contribution in [2.75, 3.05) is 0 Å². The first-order valence-electron chi connectivity index (χ1n) is 5.14. The summed E-state index contributed by atoms with van der Waals surface area (Å²) in [5.41, 5.74) is 2.98. The largest absolute Gasteiger partial charge is 0.473 e. The van der Waals surface area contributed by atoms with Crippen molar-refractivity contribution >= 4 is 13.3 Å². The molecule has 0 unspecified atom stereocenters. The Morgan fingerprint density at radius 1 is 1.19 bits per heavy atom. The Morgan fingerprint density at radius 2 is 1.94 bits per heavy atom. The van der Waals surface area contributed by atoms with Gasteiger partial charge in [0.1, 0.15) is 14.5 Å². The normalized spacial score (nSPS) is 10.1. The van der Waals surface area contributed by atoms with Gasteiger partial charge in [0.25, 0.3) is 0 Å². The molecule has 0 saturated carbocycles. The van der Waals surface area contributed by atoms with Crippen LogP contribution in [0.2, 0.25) is 0 Å². The Bertz CT molecular complexity index is 468. The molecule has 0 aliphatic carbocycles. The van der Waals surface area contributed by atoms with Crippen LogP contribution >= 0.6 is 0 Å². The molecule has 2 aromatic rings. The lowest BCUT2D eigenvalue weighted by atomic mass is 9.95. The fourth-order valence-electron chi connectivity index (χ4n) is 1.36. The fraction of sp³-hybridized carbons (Fsp3) is 0.154. The molecule has 1 aromatic carbocycles. The Morgan fingerprint density at radius 3 is 2.62 bits per heavy atom. The Kier molecular flexibility index (Phi) is 3.25. The second kappa shape index (κ2) is 4.84. The fourth-order valence-corrected chi connectivity index (χ4v) is 1.36. The van der Waals surface area contributed by atoms with E-state index < -0.39 is 0 Å². The van der Waals surface area contributed by atoms with Crippen molar-refractivity contribution < 1.29 is 4.74 Å². The monoisotopic (exact) mass is 209 g/mol. The van der Waals surface area contributed by atoms with E-state index in [0.29, 0.717) is 12.5 Å². The first-order valence-corrected chi connectivity index (χ1v) is 5.14. The van der Waals surface area contributed by atoms with Crippen LogP contribution in [0.4, 0.5) is 0 Å². The van der Waals surface area contributed by atoms with E-state index in [-0.39, 0.29) is 0 Å². The quantitative estimate of drug-likeness (QED) is 0.718. The standard InChI is InChI=1S/C13H12BNO/c1-10-6-7-15-13(8-10)16-9-11-2-4-12(14)5-3-11/h2-8H,9H2,1H3. The Balaban J connectivity index is 1.99. The molecule has 0 bridgehead atoms. The van der Waals surface area contributed by atoms with Crippen molar-refractivity contribution in [1.29, 1.82) is 0 Å². The van der Waals surface area contributed by atoms with Gasteiger partial charge in [-0.05, 0) is 24.1 Å². The van der Waals surface area contributed by atoms with E-state index in [1.54, 1.807) is 6.20 Å². The second-order valence-corrected chi connectivity index (χ2v) is 3.70. The van der Waals surface area contributed by atoms with Gasteiger partial charge in [-0.3, -0.25) is 0 Å². The summed E-state index contributed by atoms with van der Waals surface area (Å²) in [7, 11) is 5.60. The third kappa shape index (κ3) is 2.86. The lowest BCUT2D eigenvalue weighted by Crippen LogP contribution is -2.03. The van der Waals surface area contributed by atoms with Gasteiger partial charge in [-0.2, -0.15) is 0 Å². The highest BCUT2D eigenvalue weighted by Crippen LogP contribution is 2.10. The average Bonchev–Trinajstić information content (AvgIpc) is 2.28. The van der Waals surface area contributed by atoms with Gasteiger partial charge in [-0.15, -0.1) is 0 Å². The van der Waals surface area contributed by atoms with Crippen LogP contribution < -0.4 is 10.2 Å². The van der Waals surface area contributed by atoms with Crippen LogP contribution in [-0.4, -0.2) is 12.8 Å². The van der Waals surface area contributed by atoms with E-state index in [4.69, 9.17) is 12.6 Å². The van der Waals surface area contributed by atoms with Gasteiger partial charge in [0.2, 0.25) is 5.88 Å². The van der Waals surface area contributed by atoms with Gasteiger partial charge in [0.15, 0.2) is 0 Å². The zero-order chi connectivity index (χ0) is 11.4. The average molecular weight is 209 g/mol. The van der Waals surface area contributed by atoms with Crippen molar-refractivity contribution in [3.05, 3.63) is 53.7 Å². The number of pyridine rings is 1. The molecular formula is C13H12BNO. The Hall–Kier alpha value is -1.77. The molecule has 0 amide bonds.